The Balaban J connectivity index is 0.00000189. The third kappa shape index (κ3) is 6.68. The van der Waals surface area contributed by atoms with Crippen molar-refractivity contribution in [1.82, 2.24) is 14.1 Å². The molecule has 1 aliphatic carbocycles. The Morgan fingerprint density at radius 1 is 1.05 bits per heavy atom. The molecule has 1 aliphatic rings. The Kier molecular flexibility index (Phi) is 10.3. The summed E-state index contributed by atoms with van der Waals surface area (Å²) in [5, 5.41) is 10.3. The lowest BCUT2D eigenvalue weighted by molar-refractivity contribution is 0.0970. The van der Waals surface area contributed by atoms with Gasteiger partial charge in [-0.1, -0.05) is 95.5 Å². The molecule has 1 atom stereocenters. The molecule has 1 saturated carbocycles. The summed E-state index contributed by atoms with van der Waals surface area (Å²) in [6.07, 6.45) is 8.75. The number of unbranched alkanes of at least 4 members (excludes halogenated alkanes) is 1. The first kappa shape index (κ1) is 30.0. The highest BCUT2D eigenvalue weighted by atomic mass is 16.1. The summed E-state index contributed by atoms with van der Waals surface area (Å²) in [6, 6.07) is 20.2. The fourth-order valence-electron chi connectivity index (χ4n) is 5.70. The third-order valence-electron chi connectivity index (χ3n) is 7.86. The zero-order chi connectivity index (χ0) is 29.4. The Labute approximate surface area is 243 Å². The lowest BCUT2D eigenvalue weighted by Crippen LogP contribution is -2.26. The van der Waals surface area contributed by atoms with Crippen LogP contribution in [0.5, 0.6) is 0 Å². The average Bonchev–Trinajstić information content (AvgIpc) is 3.81. The van der Waals surface area contributed by atoms with E-state index in [1.54, 1.807) is 0 Å². The van der Waals surface area contributed by atoms with Crippen LogP contribution >= 0.6 is 0 Å². The molecule has 2 aromatic carbocycles. The number of carbonyl (C=O) groups excluding carboxylic acids is 1. The second-order valence-corrected chi connectivity index (χ2v) is 10.8. The fraction of sp³-hybridized carbons (Fsp3) is 0.429. The molecule has 6 nitrogen and oxygen atoms in total. The minimum absolute atomic E-state index is 0.0855. The van der Waals surface area contributed by atoms with E-state index in [1.165, 1.54) is 16.5 Å². The topological polar surface area (TPSA) is 80.7 Å². The Bertz CT molecular complexity index is 1570. The third-order valence-corrected chi connectivity index (χ3v) is 7.86. The molecule has 214 valence electrons. The standard InChI is InChI=1S/C33H36N4O2.C2H6/c1-3-5-13-25(10-4-2)31-28(19-34)30-32(37(31)20-23-11-7-6-8-12-23)33(39)36(22-35-30)21-29(38)27-15-9-14-26(18-27)24-16-17-24;1-2/h6-9,11-12,14-15,18,22,24-25H,3-5,10,13,16-17,20-21H2,1-2H3;1-2H3. The monoisotopic (exact) mass is 550 g/mol. The highest BCUT2D eigenvalue weighted by molar-refractivity contribution is 5.96. The van der Waals surface area contributed by atoms with Crippen LogP contribution in [-0.4, -0.2) is 19.9 Å². The number of fused-ring (bicyclic) bond motifs is 1. The van der Waals surface area contributed by atoms with Gasteiger partial charge >= 0.3 is 0 Å². The molecule has 6 heteroatoms. The molecule has 1 unspecified atom stereocenters. The van der Waals surface area contributed by atoms with Gasteiger partial charge in [-0.3, -0.25) is 14.2 Å². The zero-order valence-corrected chi connectivity index (χ0v) is 24.9. The number of benzene rings is 2. The molecule has 41 heavy (non-hydrogen) atoms. The number of hydrogen-bond donors (Lipinski definition) is 0. The van der Waals surface area contributed by atoms with E-state index in [-0.39, 0.29) is 23.8 Å². The minimum atomic E-state index is -0.281. The Morgan fingerprint density at radius 2 is 1.80 bits per heavy atom. The van der Waals surface area contributed by atoms with Gasteiger partial charge in [0.1, 0.15) is 17.1 Å². The Hall–Kier alpha value is -3.98. The van der Waals surface area contributed by atoms with Crippen LogP contribution in [0.3, 0.4) is 0 Å². The van der Waals surface area contributed by atoms with Gasteiger partial charge in [-0.2, -0.15) is 5.26 Å². The van der Waals surface area contributed by atoms with Crippen molar-refractivity contribution in [3.05, 3.63) is 99.2 Å². The molecule has 0 bridgehead atoms. The van der Waals surface area contributed by atoms with Crippen molar-refractivity contribution in [3.8, 4) is 6.07 Å². The first-order valence-electron chi connectivity index (χ1n) is 15.2. The van der Waals surface area contributed by atoms with Gasteiger partial charge in [0, 0.05) is 23.7 Å². The molecule has 2 heterocycles. The van der Waals surface area contributed by atoms with Crippen molar-refractivity contribution in [2.45, 2.75) is 97.6 Å². The van der Waals surface area contributed by atoms with Crippen LogP contribution in [0, 0.1) is 11.3 Å². The molecule has 0 N–H and O–H groups in total. The van der Waals surface area contributed by atoms with Crippen molar-refractivity contribution >= 4 is 16.8 Å². The predicted molar refractivity (Wildman–Crippen MR) is 166 cm³/mol. The number of hydrogen-bond acceptors (Lipinski definition) is 4. The number of nitrogens with zero attached hydrogens (tertiary/aromatic N) is 4. The summed E-state index contributed by atoms with van der Waals surface area (Å²) >= 11 is 0. The summed E-state index contributed by atoms with van der Waals surface area (Å²) < 4.78 is 3.42. The number of nitriles is 1. The lowest BCUT2D eigenvalue weighted by Gasteiger charge is -2.20. The first-order valence-corrected chi connectivity index (χ1v) is 15.2. The van der Waals surface area contributed by atoms with Gasteiger partial charge in [-0.25, -0.2) is 4.98 Å². The molecular formula is C35H42N4O2. The molecule has 0 aliphatic heterocycles. The van der Waals surface area contributed by atoms with E-state index >= 15 is 0 Å². The van der Waals surface area contributed by atoms with E-state index in [9.17, 15) is 14.9 Å². The molecule has 0 saturated heterocycles. The molecule has 4 aromatic rings. The largest absolute Gasteiger partial charge is 0.333 e. The molecule has 0 radical (unpaired) electrons. The minimum Gasteiger partial charge on any atom is -0.333 e. The van der Waals surface area contributed by atoms with E-state index in [0.29, 0.717) is 34.6 Å². The van der Waals surface area contributed by atoms with Gasteiger partial charge in [0.2, 0.25) is 0 Å². The molecule has 0 spiro atoms. The van der Waals surface area contributed by atoms with Crippen molar-refractivity contribution in [2.24, 2.45) is 0 Å². The Morgan fingerprint density at radius 3 is 2.46 bits per heavy atom. The van der Waals surface area contributed by atoms with E-state index in [1.807, 2.05) is 66.9 Å². The average molecular weight is 551 g/mol. The maximum absolute atomic E-state index is 14.0. The molecular weight excluding hydrogens is 508 g/mol. The van der Waals surface area contributed by atoms with E-state index < -0.39 is 0 Å². The van der Waals surface area contributed by atoms with Gasteiger partial charge < -0.3 is 4.57 Å². The molecule has 1 fully saturated rings. The maximum Gasteiger partial charge on any atom is 0.278 e. The SMILES string of the molecule is CC.CCCCC(CCC)c1c(C#N)c2ncn(CC(=O)c3cccc(C4CC4)c3)c(=O)c2n1Cc1ccccc1. The van der Waals surface area contributed by atoms with Crippen LogP contribution in [0.4, 0.5) is 0 Å². The molecule has 2 aromatic heterocycles. The predicted octanol–water partition coefficient (Wildman–Crippen LogP) is 7.98. The number of carbonyl (C=O) groups is 1. The van der Waals surface area contributed by atoms with Crippen LogP contribution in [0.2, 0.25) is 0 Å². The van der Waals surface area contributed by atoms with Crippen molar-refractivity contribution < 1.29 is 4.79 Å². The van der Waals surface area contributed by atoms with Crippen LogP contribution < -0.4 is 5.56 Å². The zero-order valence-electron chi connectivity index (χ0n) is 24.9. The second kappa shape index (κ2) is 14.1. The quantitative estimate of drug-likeness (QED) is 0.168. The van der Waals surface area contributed by atoms with E-state index in [0.717, 1.165) is 56.2 Å². The number of rotatable bonds is 12. The maximum atomic E-state index is 14.0. The molecule has 0 amide bonds. The molecule has 5 rings (SSSR count). The summed E-state index contributed by atoms with van der Waals surface area (Å²) in [6.45, 7) is 8.71. The number of aromatic nitrogens is 3. The number of Topliss-reactive ketones (excluding diaryl/α,β-unsaturated/α-hetero) is 1. The fourth-order valence-corrected chi connectivity index (χ4v) is 5.70. The van der Waals surface area contributed by atoms with Crippen LogP contribution in [0.1, 0.15) is 117 Å². The van der Waals surface area contributed by atoms with Gasteiger partial charge in [0.25, 0.3) is 5.56 Å². The van der Waals surface area contributed by atoms with Crippen molar-refractivity contribution in [3.63, 3.8) is 0 Å². The van der Waals surface area contributed by atoms with Gasteiger partial charge in [-0.05, 0) is 48.8 Å². The summed E-state index contributed by atoms with van der Waals surface area (Å²) in [5.74, 6) is 0.586. The highest BCUT2D eigenvalue weighted by Gasteiger charge is 2.28. The van der Waals surface area contributed by atoms with Crippen molar-refractivity contribution in [1.29, 1.82) is 5.26 Å². The van der Waals surface area contributed by atoms with Gasteiger partial charge in [0.05, 0.1) is 18.4 Å². The number of ketones is 1. The van der Waals surface area contributed by atoms with E-state index in [4.69, 9.17) is 0 Å². The van der Waals surface area contributed by atoms with Gasteiger partial charge in [0.15, 0.2) is 5.78 Å². The highest BCUT2D eigenvalue weighted by Crippen LogP contribution is 2.40. The van der Waals surface area contributed by atoms with Gasteiger partial charge in [-0.15, -0.1) is 0 Å². The second-order valence-electron chi connectivity index (χ2n) is 10.8. The van der Waals surface area contributed by atoms with Crippen LogP contribution in [0.25, 0.3) is 11.0 Å². The summed E-state index contributed by atoms with van der Waals surface area (Å²) in [7, 11) is 0. The lowest BCUT2D eigenvalue weighted by atomic mass is 9.91. The smallest absolute Gasteiger partial charge is 0.278 e. The normalized spacial score (nSPS) is 13.3. The van der Waals surface area contributed by atoms with Crippen LogP contribution in [-0.2, 0) is 13.1 Å². The van der Waals surface area contributed by atoms with E-state index in [2.05, 4.69) is 31.0 Å². The summed E-state index contributed by atoms with van der Waals surface area (Å²) in [4.78, 5) is 31.9. The van der Waals surface area contributed by atoms with Crippen LogP contribution in [0.15, 0.2) is 65.7 Å². The summed E-state index contributed by atoms with van der Waals surface area (Å²) in [5.41, 5.74) is 4.81. The van der Waals surface area contributed by atoms with Crippen molar-refractivity contribution in [2.75, 3.05) is 0 Å². The first-order chi connectivity index (χ1) is 20.0.